The van der Waals surface area contributed by atoms with E-state index in [0.717, 1.165) is 57.2 Å². The quantitative estimate of drug-likeness (QED) is 0.834. The molecule has 0 amide bonds. The first-order valence-corrected chi connectivity index (χ1v) is 8.41. The van der Waals surface area contributed by atoms with E-state index in [1.54, 1.807) is 18.3 Å². The smallest absolute Gasteiger partial charge is 0.226 e. The summed E-state index contributed by atoms with van der Waals surface area (Å²) in [6.07, 6.45) is 4.66. The topological polar surface area (TPSA) is 90.9 Å². The van der Waals surface area contributed by atoms with Crippen molar-refractivity contribution in [3.05, 3.63) is 35.6 Å². The number of aromatic nitrogens is 3. The molecule has 7 heteroatoms. The zero-order chi connectivity index (χ0) is 16.8. The van der Waals surface area contributed by atoms with E-state index in [2.05, 4.69) is 38.3 Å². The standard InChI is InChI=1S/C17H22N6O/c1-2-4-16-21-15(22-24-16)12-23-8-6-13(11-23)10-20-17-14(9-18)5-3-7-19-17/h3,5,7,13H,2,4,6,8,10-12H2,1H3,(H,19,20)/t13-/m1/s1. The number of pyridine rings is 1. The van der Waals surface area contributed by atoms with Crippen LogP contribution in [0.2, 0.25) is 0 Å². The Hall–Kier alpha value is -2.46. The third kappa shape index (κ3) is 4.09. The van der Waals surface area contributed by atoms with Crippen LogP contribution < -0.4 is 5.32 Å². The van der Waals surface area contributed by atoms with Gasteiger partial charge in [-0.2, -0.15) is 10.2 Å². The fourth-order valence-corrected chi connectivity index (χ4v) is 2.97. The first-order valence-electron chi connectivity index (χ1n) is 8.41. The fourth-order valence-electron chi connectivity index (χ4n) is 2.97. The molecule has 1 aliphatic heterocycles. The van der Waals surface area contributed by atoms with Crippen LogP contribution >= 0.6 is 0 Å². The lowest BCUT2D eigenvalue weighted by molar-refractivity contribution is 0.300. The summed E-state index contributed by atoms with van der Waals surface area (Å²) in [5, 5.41) is 16.4. The molecule has 0 unspecified atom stereocenters. The van der Waals surface area contributed by atoms with Gasteiger partial charge < -0.3 is 9.84 Å². The number of anilines is 1. The predicted molar refractivity (Wildman–Crippen MR) is 89.1 cm³/mol. The molecule has 0 aromatic carbocycles. The molecule has 2 aromatic heterocycles. The van der Waals surface area contributed by atoms with Crippen molar-refractivity contribution in [2.45, 2.75) is 32.7 Å². The molecule has 3 heterocycles. The van der Waals surface area contributed by atoms with Crippen molar-refractivity contribution in [1.29, 1.82) is 5.26 Å². The largest absolute Gasteiger partial charge is 0.369 e. The highest BCUT2D eigenvalue weighted by Gasteiger charge is 2.24. The second-order valence-corrected chi connectivity index (χ2v) is 6.14. The Morgan fingerprint density at radius 1 is 1.50 bits per heavy atom. The molecule has 0 spiro atoms. The van der Waals surface area contributed by atoms with E-state index in [0.29, 0.717) is 17.3 Å². The highest BCUT2D eigenvalue weighted by atomic mass is 16.5. The normalized spacial score (nSPS) is 17.8. The van der Waals surface area contributed by atoms with E-state index in [-0.39, 0.29) is 0 Å². The molecule has 0 aliphatic carbocycles. The Labute approximate surface area is 141 Å². The van der Waals surface area contributed by atoms with Gasteiger partial charge in [-0.15, -0.1) is 0 Å². The van der Waals surface area contributed by atoms with Crippen LogP contribution in [0.4, 0.5) is 5.82 Å². The lowest BCUT2D eigenvalue weighted by Crippen LogP contribution is -2.23. The molecule has 1 fully saturated rings. The van der Waals surface area contributed by atoms with E-state index < -0.39 is 0 Å². The van der Waals surface area contributed by atoms with Crippen LogP contribution in [0.25, 0.3) is 0 Å². The minimum atomic E-state index is 0.528. The minimum absolute atomic E-state index is 0.528. The molecule has 2 aromatic rings. The van der Waals surface area contributed by atoms with Gasteiger partial charge in [0.05, 0.1) is 12.1 Å². The van der Waals surface area contributed by atoms with E-state index >= 15 is 0 Å². The van der Waals surface area contributed by atoms with Crippen LogP contribution in [0, 0.1) is 17.2 Å². The highest BCUT2D eigenvalue weighted by Crippen LogP contribution is 2.19. The van der Waals surface area contributed by atoms with Gasteiger partial charge in [0.2, 0.25) is 5.89 Å². The van der Waals surface area contributed by atoms with Gasteiger partial charge in [-0.25, -0.2) is 4.98 Å². The van der Waals surface area contributed by atoms with Crippen molar-refractivity contribution in [3.8, 4) is 6.07 Å². The number of nitrogens with one attached hydrogen (secondary N) is 1. The monoisotopic (exact) mass is 326 g/mol. The average Bonchev–Trinajstić information content (AvgIpc) is 3.23. The predicted octanol–water partition coefficient (Wildman–Crippen LogP) is 2.22. The molecule has 1 saturated heterocycles. The summed E-state index contributed by atoms with van der Waals surface area (Å²) in [4.78, 5) is 11.0. The van der Waals surface area contributed by atoms with Crippen LogP contribution in [0.3, 0.4) is 0 Å². The minimum Gasteiger partial charge on any atom is -0.369 e. The number of likely N-dealkylation sites (tertiary alicyclic amines) is 1. The van der Waals surface area contributed by atoms with E-state index in [1.807, 2.05) is 0 Å². The summed E-state index contributed by atoms with van der Waals surface area (Å²) in [5.41, 5.74) is 0.586. The summed E-state index contributed by atoms with van der Waals surface area (Å²) in [6.45, 7) is 5.66. The third-order valence-corrected chi connectivity index (χ3v) is 4.20. The molecule has 3 rings (SSSR count). The Balaban J connectivity index is 1.47. The van der Waals surface area contributed by atoms with Crippen LogP contribution in [0.1, 0.15) is 37.0 Å². The fraction of sp³-hybridized carbons (Fsp3) is 0.529. The molecule has 0 radical (unpaired) electrons. The average molecular weight is 326 g/mol. The molecule has 0 bridgehead atoms. The number of nitrogens with zero attached hydrogens (tertiary/aromatic N) is 5. The van der Waals surface area contributed by atoms with Crippen LogP contribution in [0.15, 0.2) is 22.9 Å². The van der Waals surface area contributed by atoms with Crippen molar-refractivity contribution in [1.82, 2.24) is 20.0 Å². The number of hydrogen-bond acceptors (Lipinski definition) is 7. The van der Waals surface area contributed by atoms with E-state index in [1.165, 1.54) is 0 Å². The summed E-state index contributed by atoms with van der Waals surface area (Å²) >= 11 is 0. The number of hydrogen-bond donors (Lipinski definition) is 1. The maximum Gasteiger partial charge on any atom is 0.226 e. The molecule has 1 N–H and O–H groups in total. The van der Waals surface area contributed by atoms with Gasteiger partial charge in [-0.05, 0) is 37.4 Å². The Kier molecular flexibility index (Phi) is 5.39. The van der Waals surface area contributed by atoms with Crippen molar-refractivity contribution >= 4 is 5.82 Å². The van der Waals surface area contributed by atoms with Crippen molar-refractivity contribution in [2.24, 2.45) is 5.92 Å². The van der Waals surface area contributed by atoms with Gasteiger partial charge in [-0.1, -0.05) is 12.1 Å². The summed E-state index contributed by atoms with van der Waals surface area (Å²) in [5.74, 6) is 2.69. The van der Waals surface area contributed by atoms with Gasteiger partial charge in [0.1, 0.15) is 11.9 Å². The maximum atomic E-state index is 9.10. The molecule has 1 aliphatic rings. The van der Waals surface area contributed by atoms with E-state index in [9.17, 15) is 0 Å². The molecule has 126 valence electrons. The SMILES string of the molecule is CCCc1nc(CN2CC[C@H](CNc3ncccc3C#N)C2)no1. The van der Waals surface area contributed by atoms with Crippen molar-refractivity contribution < 1.29 is 4.52 Å². The lowest BCUT2D eigenvalue weighted by atomic mass is 10.1. The van der Waals surface area contributed by atoms with E-state index in [4.69, 9.17) is 9.78 Å². The van der Waals surface area contributed by atoms with Crippen molar-refractivity contribution in [2.75, 3.05) is 25.0 Å². The second kappa shape index (κ2) is 7.88. The zero-order valence-corrected chi connectivity index (χ0v) is 13.9. The summed E-state index contributed by atoms with van der Waals surface area (Å²) < 4.78 is 5.23. The summed E-state index contributed by atoms with van der Waals surface area (Å²) in [7, 11) is 0. The molecule has 0 saturated carbocycles. The van der Waals surface area contributed by atoms with Crippen LogP contribution in [-0.2, 0) is 13.0 Å². The van der Waals surface area contributed by atoms with Gasteiger partial charge in [-0.3, -0.25) is 4.90 Å². The van der Waals surface area contributed by atoms with Crippen LogP contribution in [0.5, 0.6) is 0 Å². The first kappa shape index (κ1) is 16.4. The maximum absolute atomic E-state index is 9.10. The Morgan fingerprint density at radius 2 is 2.42 bits per heavy atom. The first-order chi connectivity index (χ1) is 11.8. The second-order valence-electron chi connectivity index (χ2n) is 6.14. The number of nitriles is 1. The molecular formula is C17H22N6O. The third-order valence-electron chi connectivity index (χ3n) is 4.20. The lowest BCUT2D eigenvalue weighted by Gasteiger charge is -2.14. The van der Waals surface area contributed by atoms with Crippen LogP contribution in [-0.4, -0.2) is 39.7 Å². The highest BCUT2D eigenvalue weighted by molar-refractivity contribution is 5.51. The Bertz CT molecular complexity index is 707. The molecule has 7 nitrogen and oxygen atoms in total. The molecule has 1 atom stereocenters. The molecule has 24 heavy (non-hydrogen) atoms. The van der Waals surface area contributed by atoms with Crippen molar-refractivity contribution in [3.63, 3.8) is 0 Å². The van der Waals surface area contributed by atoms with Gasteiger partial charge in [0, 0.05) is 25.7 Å². The molecular weight excluding hydrogens is 304 g/mol. The van der Waals surface area contributed by atoms with Gasteiger partial charge >= 0.3 is 0 Å². The number of aryl methyl sites for hydroxylation is 1. The Morgan fingerprint density at radius 3 is 3.25 bits per heavy atom. The zero-order valence-electron chi connectivity index (χ0n) is 13.9. The van der Waals surface area contributed by atoms with Gasteiger partial charge in [0.15, 0.2) is 5.82 Å². The van der Waals surface area contributed by atoms with Gasteiger partial charge in [0.25, 0.3) is 0 Å². The number of rotatable bonds is 7. The summed E-state index contributed by atoms with van der Waals surface area (Å²) in [6, 6.07) is 5.72.